The van der Waals surface area contributed by atoms with Crippen molar-refractivity contribution in [3.63, 3.8) is 0 Å². The maximum atomic E-state index is 12.9. The molecule has 1 amide bonds. The van der Waals surface area contributed by atoms with Gasteiger partial charge in [0.25, 0.3) is 5.91 Å². The lowest BCUT2D eigenvalue weighted by atomic mass is 9.74. The van der Waals surface area contributed by atoms with Crippen LogP contribution in [0, 0.1) is 5.41 Å². The molecule has 4 rings (SSSR count). The first-order valence-electron chi connectivity index (χ1n) is 9.73. The van der Waals surface area contributed by atoms with E-state index in [1.807, 2.05) is 59.6 Å². The Balaban J connectivity index is 1.40. The summed E-state index contributed by atoms with van der Waals surface area (Å²) in [5.74, 6) is 0.0540. The molecule has 28 heavy (non-hydrogen) atoms. The Morgan fingerprint density at radius 2 is 1.71 bits per heavy atom. The first kappa shape index (κ1) is 18.4. The number of aliphatic hydroxyl groups is 1. The molecule has 0 saturated carbocycles. The van der Waals surface area contributed by atoms with Gasteiger partial charge < -0.3 is 10.0 Å². The Kier molecular flexibility index (Phi) is 5.26. The minimum Gasteiger partial charge on any atom is -0.396 e. The van der Waals surface area contributed by atoms with E-state index >= 15 is 0 Å². The highest BCUT2D eigenvalue weighted by atomic mass is 16.3. The van der Waals surface area contributed by atoms with E-state index < -0.39 is 0 Å². The SMILES string of the molecule is O=C(c1ccc(-n2cccn2)cc1)N1CCC(CO)(Cc2ccccc2)CC1. The highest BCUT2D eigenvalue weighted by Crippen LogP contribution is 2.35. The molecule has 1 aliphatic heterocycles. The molecule has 1 saturated heterocycles. The molecule has 0 spiro atoms. The molecule has 1 fully saturated rings. The second kappa shape index (κ2) is 7.98. The zero-order chi connectivity index (χ0) is 19.4. The van der Waals surface area contributed by atoms with Crippen molar-refractivity contribution in [2.24, 2.45) is 5.41 Å². The number of likely N-dealkylation sites (tertiary alicyclic amines) is 1. The molecule has 0 radical (unpaired) electrons. The molecule has 0 aliphatic carbocycles. The lowest BCUT2D eigenvalue weighted by molar-refractivity contribution is 0.0358. The van der Waals surface area contributed by atoms with Crippen LogP contribution in [0.15, 0.2) is 73.1 Å². The Morgan fingerprint density at radius 3 is 2.32 bits per heavy atom. The Labute approximate surface area is 165 Å². The smallest absolute Gasteiger partial charge is 0.253 e. The number of amides is 1. The first-order chi connectivity index (χ1) is 13.7. The highest BCUT2D eigenvalue weighted by Gasteiger charge is 2.35. The number of carbonyl (C=O) groups excluding carboxylic acids is 1. The summed E-state index contributed by atoms with van der Waals surface area (Å²) in [7, 11) is 0. The Morgan fingerprint density at radius 1 is 1.00 bits per heavy atom. The van der Waals surface area contributed by atoms with E-state index in [0.717, 1.165) is 24.9 Å². The normalized spacial score (nSPS) is 16.1. The van der Waals surface area contributed by atoms with Crippen molar-refractivity contribution in [2.75, 3.05) is 19.7 Å². The molecule has 3 aromatic rings. The minimum absolute atomic E-state index is 0.0540. The van der Waals surface area contributed by atoms with Gasteiger partial charge in [-0.15, -0.1) is 0 Å². The number of aliphatic hydroxyl groups excluding tert-OH is 1. The van der Waals surface area contributed by atoms with Crippen molar-refractivity contribution in [3.05, 3.63) is 84.2 Å². The van der Waals surface area contributed by atoms with E-state index in [1.165, 1.54) is 5.56 Å². The van der Waals surface area contributed by atoms with Gasteiger partial charge in [-0.3, -0.25) is 4.79 Å². The third kappa shape index (κ3) is 3.85. The van der Waals surface area contributed by atoms with Crippen LogP contribution in [-0.2, 0) is 6.42 Å². The summed E-state index contributed by atoms with van der Waals surface area (Å²) in [5.41, 5.74) is 2.73. The molecule has 2 heterocycles. The zero-order valence-electron chi connectivity index (χ0n) is 15.9. The third-order valence-corrected chi connectivity index (χ3v) is 5.75. The molecule has 1 aliphatic rings. The van der Waals surface area contributed by atoms with Crippen LogP contribution in [0.3, 0.4) is 0 Å². The fourth-order valence-electron chi connectivity index (χ4n) is 3.96. The standard InChI is InChI=1S/C23H25N3O2/c27-18-23(17-19-5-2-1-3-6-19)11-15-25(16-12-23)22(28)20-7-9-21(10-8-20)26-14-4-13-24-26/h1-10,13-14,27H,11-12,15-18H2. The largest absolute Gasteiger partial charge is 0.396 e. The zero-order valence-corrected chi connectivity index (χ0v) is 15.9. The van der Waals surface area contributed by atoms with Crippen LogP contribution >= 0.6 is 0 Å². The van der Waals surface area contributed by atoms with Gasteiger partial charge in [0, 0.05) is 43.1 Å². The first-order valence-corrected chi connectivity index (χ1v) is 9.73. The number of hydrogen-bond acceptors (Lipinski definition) is 3. The molecule has 5 nitrogen and oxygen atoms in total. The molecule has 144 valence electrons. The lowest BCUT2D eigenvalue weighted by Gasteiger charge is -2.41. The van der Waals surface area contributed by atoms with Crippen molar-refractivity contribution >= 4 is 5.91 Å². The number of aromatic nitrogens is 2. The second-order valence-electron chi connectivity index (χ2n) is 7.61. The van der Waals surface area contributed by atoms with Gasteiger partial charge >= 0.3 is 0 Å². The van der Waals surface area contributed by atoms with Crippen molar-refractivity contribution in [1.29, 1.82) is 0 Å². The molecule has 1 N–H and O–H groups in total. The van der Waals surface area contributed by atoms with Crippen LogP contribution in [0.1, 0.15) is 28.8 Å². The fraction of sp³-hybridized carbons (Fsp3) is 0.304. The fourth-order valence-corrected chi connectivity index (χ4v) is 3.96. The van der Waals surface area contributed by atoms with Gasteiger partial charge in [0.2, 0.25) is 0 Å². The Hall–Kier alpha value is -2.92. The van der Waals surface area contributed by atoms with E-state index in [2.05, 4.69) is 17.2 Å². The Bertz CT molecular complexity index is 897. The summed E-state index contributed by atoms with van der Waals surface area (Å²) in [6.45, 7) is 1.50. The molecule has 5 heteroatoms. The van der Waals surface area contributed by atoms with Crippen molar-refractivity contribution in [2.45, 2.75) is 19.3 Å². The summed E-state index contributed by atoms with van der Waals surface area (Å²) < 4.78 is 1.77. The minimum atomic E-state index is -0.137. The average Bonchev–Trinajstić information content (AvgIpc) is 3.30. The van der Waals surface area contributed by atoms with E-state index in [4.69, 9.17) is 0 Å². The molecule has 0 bridgehead atoms. The van der Waals surface area contributed by atoms with Gasteiger partial charge in [-0.2, -0.15) is 5.10 Å². The summed E-state index contributed by atoms with van der Waals surface area (Å²) >= 11 is 0. The molecule has 2 aromatic carbocycles. The predicted octanol–water partition coefficient (Wildman–Crippen LogP) is 3.33. The molecule has 0 atom stereocenters. The monoisotopic (exact) mass is 375 g/mol. The number of hydrogen-bond donors (Lipinski definition) is 1. The maximum absolute atomic E-state index is 12.9. The summed E-state index contributed by atoms with van der Waals surface area (Å²) in [6, 6.07) is 19.7. The molecular formula is C23H25N3O2. The summed E-state index contributed by atoms with van der Waals surface area (Å²) in [5, 5.41) is 14.3. The average molecular weight is 375 g/mol. The third-order valence-electron chi connectivity index (χ3n) is 5.75. The lowest BCUT2D eigenvalue weighted by Crippen LogP contribution is -2.45. The summed E-state index contributed by atoms with van der Waals surface area (Å²) in [6.07, 6.45) is 6.09. The number of carbonyl (C=O) groups is 1. The number of benzene rings is 2. The van der Waals surface area contributed by atoms with Crippen LogP contribution in [0.4, 0.5) is 0 Å². The molecular weight excluding hydrogens is 350 g/mol. The van der Waals surface area contributed by atoms with Crippen molar-refractivity contribution < 1.29 is 9.90 Å². The molecule has 0 unspecified atom stereocenters. The van der Waals surface area contributed by atoms with Crippen LogP contribution in [-0.4, -0.2) is 45.4 Å². The summed E-state index contributed by atoms with van der Waals surface area (Å²) in [4.78, 5) is 14.8. The number of piperidine rings is 1. The number of rotatable bonds is 5. The van der Waals surface area contributed by atoms with E-state index in [-0.39, 0.29) is 17.9 Å². The van der Waals surface area contributed by atoms with Gasteiger partial charge in [-0.05, 0) is 55.2 Å². The van der Waals surface area contributed by atoms with Gasteiger partial charge in [0.15, 0.2) is 0 Å². The topological polar surface area (TPSA) is 58.4 Å². The van der Waals surface area contributed by atoms with E-state index in [1.54, 1.807) is 10.9 Å². The van der Waals surface area contributed by atoms with Gasteiger partial charge in [0.1, 0.15) is 0 Å². The van der Waals surface area contributed by atoms with Crippen LogP contribution in [0.2, 0.25) is 0 Å². The highest BCUT2D eigenvalue weighted by molar-refractivity contribution is 5.94. The van der Waals surface area contributed by atoms with Crippen molar-refractivity contribution in [3.8, 4) is 5.69 Å². The van der Waals surface area contributed by atoms with Crippen LogP contribution in [0.25, 0.3) is 5.69 Å². The van der Waals surface area contributed by atoms with Gasteiger partial charge in [-0.25, -0.2) is 4.68 Å². The quantitative estimate of drug-likeness (QED) is 0.744. The van der Waals surface area contributed by atoms with Crippen LogP contribution < -0.4 is 0 Å². The van der Waals surface area contributed by atoms with E-state index in [9.17, 15) is 9.90 Å². The number of nitrogens with zero attached hydrogens (tertiary/aromatic N) is 3. The maximum Gasteiger partial charge on any atom is 0.253 e. The predicted molar refractivity (Wildman–Crippen MR) is 108 cm³/mol. The molecule has 1 aromatic heterocycles. The van der Waals surface area contributed by atoms with Crippen molar-refractivity contribution in [1.82, 2.24) is 14.7 Å². The second-order valence-corrected chi connectivity index (χ2v) is 7.61. The van der Waals surface area contributed by atoms with Crippen LogP contribution in [0.5, 0.6) is 0 Å². The van der Waals surface area contributed by atoms with Gasteiger partial charge in [-0.1, -0.05) is 30.3 Å². The van der Waals surface area contributed by atoms with E-state index in [0.29, 0.717) is 18.7 Å². The van der Waals surface area contributed by atoms with Gasteiger partial charge in [0.05, 0.1) is 5.69 Å².